The quantitative estimate of drug-likeness (QED) is 0.788. The molecule has 114 valence electrons. The molecule has 20 heavy (non-hydrogen) atoms. The van der Waals surface area contributed by atoms with Crippen molar-refractivity contribution in [3.63, 3.8) is 0 Å². The average Bonchev–Trinajstić information content (AvgIpc) is 2.90. The second-order valence-electron chi connectivity index (χ2n) is 5.44. The van der Waals surface area contributed by atoms with Crippen LogP contribution < -0.4 is 0 Å². The summed E-state index contributed by atoms with van der Waals surface area (Å²) in [4.78, 5) is 9.31. The SMILES string of the molecule is CC[C@@H]1CN([C@@H](C)c2nc(C)no2)CCN1CCOC. The van der Waals surface area contributed by atoms with Gasteiger partial charge >= 0.3 is 0 Å². The van der Waals surface area contributed by atoms with Crippen LogP contribution in [0.15, 0.2) is 4.52 Å². The summed E-state index contributed by atoms with van der Waals surface area (Å²) in [5.74, 6) is 1.43. The third-order valence-corrected chi connectivity index (χ3v) is 4.14. The second-order valence-corrected chi connectivity index (χ2v) is 5.44. The van der Waals surface area contributed by atoms with E-state index in [1.54, 1.807) is 7.11 Å². The number of methoxy groups -OCH3 is 1. The third kappa shape index (κ3) is 3.56. The molecule has 0 saturated carbocycles. The van der Waals surface area contributed by atoms with Gasteiger partial charge in [-0.05, 0) is 20.3 Å². The summed E-state index contributed by atoms with van der Waals surface area (Å²) in [5.41, 5.74) is 0. The smallest absolute Gasteiger partial charge is 0.243 e. The van der Waals surface area contributed by atoms with E-state index >= 15 is 0 Å². The summed E-state index contributed by atoms with van der Waals surface area (Å²) < 4.78 is 10.5. The van der Waals surface area contributed by atoms with Crippen molar-refractivity contribution in [3.8, 4) is 0 Å². The number of aryl methyl sites for hydroxylation is 1. The molecule has 0 radical (unpaired) electrons. The van der Waals surface area contributed by atoms with E-state index in [0.717, 1.165) is 45.1 Å². The molecule has 2 rings (SSSR count). The zero-order chi connectivity index (χ0) is 14.5. The van der Waals surface area contributed by atoms with Crippen molar-refractivity contribution in [2.24, 2.45) is 0 Å². The topological polar surface area (TPSA) is 54.6 Å². The van der Waals surface area contributed by atoms with Crippen molar-refractivity contribution in [2.75, 3.05) is 39.9 Å². The predicted octanol–water partition coefficient (Wildman–Crippen LogP) is 1.48. The molecule has 1 aromatic rings. The number of aromatic nitrogens is 2. The Balaban J connectivity index is 1.95. The first-order valence-corrected chi connectivity index (χ1v) is 7.43. The van der Waals surface area contributed by atoms with Crippen LogP contribution in [0.3, 0.4) is 0 Å². The summed E-state index contributed by atoms with van der Waals surface area (Å²) in [6.45, 7) is 11.2. The lowest BCUT2D eigenvalue weighted by Gasteiger charge is -2.42. The maximum Gasteiger partial charge on any atom is 0.243 e. The lowest BCUT2D eigenvalue weighted by molar-refractivity contribution is 0.0267. The highest BCUT2D eigenvalue weighted by molar-refractivity contribution is 4.93. The van der Waals surface area contributed by atoms with Gasteiger partial charge in [0.25, 0.3) is 0 Å². The highest BCUT2D eigenvalue weighted by atomic mass is 16.5. The summed E-state index contributed by atoms with van der Waals surface area (Å²) >= 11 is 0. The van der Waals surface area contributed by atoms with Gasteiger partial charge < -0.3 is 9.26 Å². The molecule has 6 nitrogen and oxygen atoms in total. The molecule has 0 spiro atoms. The standard InChI is InChI=1S/C14H26N4O2/c1-5-13-10-18(7-6-17(13)8-9-19-4)11(2)14-15-12(3)16-20-14/h11,13H,5-10H2,1-4H3/t11-,13+/m0/s1. The Hall–Kier alpha value is -0.980. The van der Waals surface area contributed by atoms with Gasteiger partial charge in [0.2, 0.25) is 5.89 Å². The van der Waals surface area contributed by atoms with Gasteiger partial charge in [0.1, 0.15) is 0 Å². The molecule has 1 aromatic heterocycles. The maximum atomic E-state index is 5.30. The third-order valence-electron chi connectivity index (χ3n) is 4.14. The second kappa shape index (κ2) is 7.15. The van der Waals surface area contributed by atoms with Crippen LogP contribution in [-0.4, -0.2) is 65.9 Å². The average molecular weight is 282 g/mol. The van der Waals surface area contributed by atoms with E-state index in [-0.39, 0.29) is 6.04 Å². The Labute approximate surface area is 121 Å². The normalized spacial score (nSPS) is 23.1. The Bertz CT molecular complexity index is 410. The molecule has 1 saturated heterocycles. The number of hydrogen-bond donors (Lipinski definition) is 0. The molecule has 0 aliphatic carbocycles. The zero-order valence-corrected chi connectivity index (χ0v) is 13.0. The Kier molecular flexibility index (Phi) is 5.51. The molecule has 0 aromatic carbocycles. The number of piperazine rings is 1. The molecule has 6 heteroatoms. The predicted molar refractivity (Wildman–Crippen MR) is 76.6 cm³/mol. The molecule has 1 fully saturated rings. The van der Waals surface area contributed by atoms with Crippen molar-refractivity contribution in [2.45, 2.75) is 39.3 Å². The molecule has 1 aliphatic rings. The summed E-state index contributed by atoms with van der Waals surface area (Å²) in [5, 5.41) is 3.89. The largest absolute Gasteiger partial charge is 0.383 e. The minimum atomic E-state index is 0.190. The van der Waals surface area contributed by atoms with Crippen LogP contribution in [0.1, 0.15) is 38.0 Å². The van der Waals surface area contributed by atoms with Gasteiger partial charge in [-0.2, -0.15) is 4.98 Å². The fourth-order valence-corrected chi connectivity index (χ4v) is 2.80. The Morgan fingerprint density at radius 2 is 2.25 bits per heavy atom. The Morgan fingerprint density at radius 1 is 1.45 bits per heavy atom. The van der Waals surface area contributed by atoms with Crippen LogP contribution >= 0.6 is 0 Å². The van der Waals surface area contributed by atoms with Crippen molar-refractivity contribution in [1.29, 1.82) is 0 Å². The van der Waals surface area contributed by atoms with Gasteiger partial charge in [-0.25, -0.2) is 0 Å². The van der Waals surface area contributed by atoms with Crippen LogP contribution in [0.25, 0.3) is 0 Å². The maximum absolute atomic E-state index is 5.30. The van der Waals surface area contributed by atoms with Gasteiger partial charge in [0.05, 0.1) is 12.6 Å². The summed E-state index contributed by atoms with van der Waals surface area (Å²) in [6, 6.07) is 0.764. The van der Waals surface area contributed by atoms with Crippen LogP contribution in [0.4, 0.5) is 0 Å². The van der Waals surface area contributed by atoms with E-state index in [1.165, 1.54) is 0 Å². The summed E-state index contributed by atoms with van der Waals surface area (Å²) in [6.07, 6.45) is 1.15. The van der Waals surface area contributed by atoms with E-state index < -0.39 is 0 Å². The first-order chi connectivity index (χ1) is 9.65. The van der Waals surface area contributed by atoms with E-state index in [0.29, 0.717) is 11.9 Å². The number of nitrogens with zero attached hydrogens (tertiary/aromatic N) is 4. The molecule has 0 unspecified atom stereocenters. The van der Waals surface area contributed by atoms with E-state index in [9.17, 15) is 0 Å². The monoisotopic (exact) mass is 282 g/mol. The fraction of sp³-hybridized carbons (Fsp3) is 0.857. The number of ether oxygens (including phenoxy) is 1. The van der Waals surface area contributed by atoms with E-state index in [4.69, 9.17) is 9.26 Å². The highest BCUT2D eigenvalue weighted by Crippen LogP contribution is 2.23. The van der Waals surface area contributed by atoms with Crippen molar-refractivity contribution in [1.82, 2.24) is 19.9 Å². The molecule has 0 amide bonds. The molecule has 0 N–H and O–H groups in total. The van der Waals surface area contributed by atoms with E-state index in [2.05, 4.69) is 33.8 Å². The minimum absolute atomic E-state index is 0.190. The van der Waals surface area contributed by atoms with Gasteiger partial charge in [0, 0.05) is 39.3 Å². The molecule has 2 heterocycles. The molecule has 0 bridgehead atoms. The minimum Gasteiger partial charge on any atom is -0.383 e. The Morgan fingerprint density at radius 3 is 2.85 bits per heavy atom. The van der Waals surface area contributed by atoms with E-state index in [1.807, 2.05) is 6.92 Å². The fourth-order valence-electron chi connectivity index (χ4n) is 2.80. The molecular weight excluding hydrogens is 256 g/mol. The number of rotatable bonds is 6. The van der Waals surface area contributed by atoms with Crippen LogP contribution in [0, 0.1) is 6.92 Å². The van der Waals surface area contributed by atoms with Gasteiger partial charge in [0.15, 0.2) is 5.82 Å². The van der Waals surface area contributed by atoms with Crippen molar-refractivity contribution >= 4 is 0 Å². The summed E-state index contributed by atoms with van der Waals surface area (Å²) in [7, 11) is 1.76. The van der Waals surface area contributed by atoms with Crippen molar-refractivity contribution in [3.05, 3.63) is 11.7 Å². The van der Waals surface area contributed by atoms with Gasteiger partial charge in [-0.3, -0.25) is 9.80 Å². The highest BCUT2D eigenvalue weighted by Gasteiger charge is 2.30. The van der Waals surface area contributed by atoms with Crippen LogP contribution in [0.2, 0.25) is 0 Å². The molecule has 1 aliphatic heterocycles. The number of hydrogen-bond acceptors (Lipinski definition) is 6. The van der Waals surface area contributed by atoms with Gasteiger partial charge in [-0.1, -0.05) is 12.1 Å². The molecule has 2 atom stereocenters. The molecular formula is C14H26N4O2. The first-order valence-electron chi connectivity index (χ1n) is 7.43. The van der Waals surface area contributed by atoms with Crippen LogP contribution in [0.5, 0.6) is 0 Å². The lowest BCUT2D eigenvalue weighted by atomic mass is 10.1. The zero-order valence-electron chi connectivity index (χ0n) is 13.0. The van der Waals surface area contributed by atoms with Crippen molar-refractivity contribution < 1.29 is 9.26 Å². The first kappa shape index (κ1) is 15.4. The lowest BCUT2D eigenvalue weighted by Crippen LogP contribution is -2.54. The van der Waals surface area contributed by atoms with Crippen LogP contribution in [-0.2, 0) is 4.74 Å². The van der Waals surface area contributed by atoms with Gasteiger partial charge in [-0.15, -0.1) is 0 Å².